The van der Waals surface area contributed by atoms with Crippen LogP contribution in [0.25, 0.3) is 0 Å². The lowest BCUT2D eigenvalue weighted by atomic mass is 10.0. The standard InChI is InChI=1S/C13H14F3N5/c1-9-4-18-21(5-9)8-10-6-20(7-10)12-17-3-2-11(19-12)13(14,15)16/h2-5,10H,6-8H2,1H3. The molecule has 0 N–H and O–H groups in total. The minimum Gasteiger partial charge on any atom is -0.340 e. The molecule has 0 atom stereocenters. The average molecular weight is 297 g/mol. The molecule has 112 valence electrons. The van der Waals surface area contributed by atoms with Gasteiger partial charge in [-0.15, -0.1) is 0 Å². The normalized spacial score (nSPS) is 16.1. The minimum atomic E-state index is -4.44. The first-order valence-corrected chi connectivity index (χ1v) is 6.56. The molecule has 0 amide bonds. The van der Waals surface area contributed by atoms with E-state index < -0.39 is 11.9 Å². The van der Waals surface area contributed by atoms with E-state index in [0.29, 0.717) is 19.0 Å². The van der Waals surface area contributed by atoms with Crippen LogP contribution in [0.3, 0.4) is 0 Å². The van der Waals surface area contributed by atoms with E-state index in [-0.39, 0.29) is 5.95 Å². The summed E-state index contributed by atoms with van der Waals surface area (Å²) < 4.78 is 39.6. The highest BCUT2D eigenvalue weighted by atomic mass is 19.4. The number of nitrogens with zero attached hydrogens (tertiary/aromatic N) is 5. The Morgan fingerprint density at radius 3 is 2.71 bits per heavy atom. The topological polar surface area (TPSA) is 46.8 Å². The Hall–Kier alpha value is -2.12. The summed E-state index contributed by atoms with van der Waals surface area (Å²) in [5.74, 6) is 0.486. The summed E-state index contributed by atoms with van der Waals surface area (Å²) in [6.45, 7) is 4.00. The van der Waals surface area contributed by atoms with E-state index in [2.05, 4.69) is 15.1 Å². The molecule has 2 aromatic heterocycles. The number of alkyl halides is 3. The van der Waals surface area contributed by atoms with Crippen molar-refractivity contribution in [3.05, 3.63) is 35.9 Å². The predicted octanol–water partition coefficient (Wildman–Crippen LogP) is 2.14. The zero-order valence-corrected chi connectivity index (χ0v) is 11.4. The maximum absolute atomic E-state index is 12.6. The first-order chi connectivity index (χ1) is 9.91. The van der Waals surface area contributed by atoms with E-state index >= 15 is 0 Å². The van der Waals surface area contributed by atoms with Crippen molar-refractivity contribution in [1.82, 2.24) is 19.7 Å². The van der Waals surface area contributed by atoms with Gasteiger partial charge in [0.15, 0.2) is 0 Å². The van der Waals surface area contributed by atoms with E-state index in [1.807, 2.05) is 17.8 Å². The van der Waals surface area contributed by atoms with E-state index in [0.717, 1.165) is 24.4 Å². The van der Waals surface area contributed by atoms with Crippen LogP contribution in [-0.2, 0) is 12.7 Å². The van der Waals surface area contributed by atoms with Gasteiger partial charge in [0.05, 0.1) is 6.20 Å². The molecule has 0 aromatic carbocycles. The smallest absolute Gasteiger partial charge is 0.340 e. The molecule has 1 fully saturated rings. The van der Waals surface area contributed by atoms with E-state index in [4.69, 9.17) is 0 Å². The molecule has 3 heterocycles. The third kappa shape index (κ3) is 2.98. The van der Waals surface area contributed by atoms with Crippen LogP contribution in [-0.4, -0.2) is 32.8 Å². The Kier molecular flexibility index (Phi) is 3.30. The first kappa shape index (κ1) is 13.8. The van der Waals surface area contributed by atoms with Gasteiger partial charge in [0.2, 0.25) is 5.95 Å². The van der Waals surface area contributed by atoms with Crippen LogP contribution in [0.2, 0.25) is 0 Å². The van der Waals surface area contributed by atoms with Gasteiger partial charge < -0.3 is 4.90 Å². The maximum atomic E-state index is 12.6. The molecule has 0 saturated carbocycles. The van der Waals surface area contributed by atoms with Crippen LogP contribution in [0.4, 0.5) is 19.1 Å². The van der Waals surface area contributed by atoms with Gasteiger partial charge in [-0.2, -0.15) is 18.3 Å². The molecule has 1 aliphatic heterocycles. The molecule has 0 bridgehead atoms. The van der Waals surface area contributed by atoms with Crippen molar-refractivity contribution in [2.45, 2.75) is 19.6 Å². The minimum absolute atomic E-state index is 0.137. The summed E-state index contributed by atoms with van der Waals surface area (Å²) in [5.41, 5.74) is 0.186. The zero-order valence-electron chi connectivity index (χ0n) is 11.4. The summed E-state index contributed by atoms with van der Waals surface area (Å²) in [5, 5.41) is 4.20. The van der Waals surface area contributed by atoms with Crippen molar-refractivity contribution in [1.29, 1.82) is 0 Å². The second kappa shape index (κ2) is 5.01. The molecular formula is C13H14F3N5. The zero-order chi connectivity index (χ0) is 15.0. The largest absolute Gasteiger partial charge is 0.433 e. The highest BCUT2D eigenvalue weighted by Gasteiger charge is 2.35. The third-order valence-corrected chi connectivity index (χ3v) is 3.38. The van der Waals surface area contributed by atoms with Crippen LogP contribution >= 0.6 is 0 Å². The van der Waals surface area contributed by atoms with Crippen LogP contribution in [0.5, 0.6) is 0 Å². The molecule has 2 aromatic rings. The fourth-order valence-electron chi connectivity index (χ4n) is 2.34. The number of hydrogen-bond acceptors (Lipinski definition) is 4. The molecular weight excluding hydrogens is 283 g/mol. The second-order valence-corrected chi connectivity index (χ2v) is 5.25. The molecule has 0 spiro atoms. The monoisotopic (exact) mass is 297 g/mol. The Morgan fingerprint density at radius 1 is 1.33 bits per heavy atom. The highest BCUT2D eigenvalue weighted by molar-refractivity contribution is 5.34. The lowest BCUT2D eigenvalue weighted by Gasteiger charge is -2.39. The number of hydrogen-bond donors (Lipinski definition) is 0. The summed E-state index contributed by atoms with van der Waals surface area (Å²) in [6, 6.07) is 0.882. The predicted molar refractivity (Wildman–Crippen MR) is 69.7 cm³/mol. The molecule has 3 rings (SSSR count). The Morgan fingerprint density at radius 2 is 2.10 bits per heavy atom. The second-order valence-electron chi connectivity index (χ2n) is 5.25. The van der Waals surface area contributed by atoms with Crippen LogP contribution < -0.4 is 4.90 Å². The lowest BCUT2D eigenvalue weighted by molar-refractivity contribution is -0.141. The molecule has 21 heavy (non-hydrogen) atoms. The highest BCUT2D eigenvalue weighted by Crippen LogP contribution is 2.29. The molecule has 0 aliphatic carbocycles. The van der Waals surface area contributed by atoms with Crippen molar-refractivity contribution in [3.63, 3.8) is 0 Å². The summed E-state index contributed by atoms with van der Waals surface area (Å²) in [6.07, 6.45) is 0.444. The Labute approximate surface area is 119 Å². The van der Waals surface area contributed by atoms with Crippen molar-refractivity contribution in [2.75, 3.05) is 18.0 Å². The fourth-order valence-corrected chi connectivity index (χ4v) is 2.34. The van der Waals surface area contributed by atoms with Crippen LogP contribution in [0, 0.1) is 12.8 Å². The average Bonchev–Trinajstić information content (AvgIpc) is 2.78. The summed E-state index contributed by atoms with van der Waals surface area (Å²) in [7, 11) is 0. The van der Waals surface area contributed by atoms with Crippen molar-refractivity contribution in [3.8, 4) is 0 Å². The first-order valence-electron chi connectivity index (χ1n) is 6.56. The van der Waals surface area contributed by atoms with Gasteiger partial charge in [-0.3, -0.25) is 4.68 Å². The van der Waals surface area contributed by atoms with Gasteiger partial charge in [-0.25, -0.2) is 9.97 Å². The quantitative estimate of drug-likeness (QED) is 0.871. The van der Waals surface area contributed by atoms with Crippen LogP contribution in [0.15, 0.2) is 24.7 Å². The van der Waals surface area contributed by atoms with E-state index in [1.165, 1.54) is 0 Å². The lowest BCUT2D eigenvalue weighted by Crippen LogP contribution is -2.49. The van der Waals surface area contributed by atoms with Gasteiger partial charge in [-0.1, -0.05) is 0 Å². The van der Waals surface area contributed by atoms with Gasteiger partial charge >= 0.3 is 6.18 Å². The third-order valence-electron chi connectivity index (χ3n) is 3.38. The van der Waals surface area contributed by atoms with Gasteiger partial charge in [-0.05, 0) is 18.6 Å². The van der Waals surface area contributed by atoms with Gasteiger partial charge in [0, 0.05) is 37.9 Å². The molecule has 1 aliphatic rings. The number of aryl methyl sites for hydroxylation is 1. The Bertz CT molecular complexity index is 631. The van der Waals surface area contributed by atoms with E-state index in [1.54, 1.807) is 11.1 Å². The summed E-state index contributed by atoms with van der Waals surface area (Å²) in [4.78, 5) is 9.24. The number of aromatic nitrogens is 4. The van der Waals surface area contributed by atoms with Crippen LogP contribution in [0.1, 0.15) is 11.3 Å². The Balaban J connectivity index is 1.61. The van der Waals surface area contributed by atoms with E-state index in [9.17, 15) is 13.2 Å². The molecule has 0 unspecified atom stereocenters. The van der Waals surface area contributed by atoms with Crippen molar-refractivity contribution < 1.29 is 13.2 Å². The molecule has 0 radical (unpaired) electrons. The van der Waals surface area contributed by atoms with Crippen molar-refractivity contribution in [2.24, 2.45) is 5.92 Å². The maximum Gasteiger partial charge on any atom is 0.433 e. The molecule has 5 nitrogen and oxygen atoms in total. The van der Waals surface area contributed by atoms with Gasteiger partial charge in [0.25, 0.3) is 0 Å². The molecule has 1 saturated heterocycles. The molecule has 8 heteroatoms. The summed E-state index contributed by atoms with van der Waals surface area (Å²) >= 11 is 0. The fraction of sp³-hybridized carbons (Fsp3) is 0.462. The SMILES string of the molecule is Cc1cnn(CC2CN(c3nccc(C(F)(F)F)n3)C2)c1. The van der Waals surface area contributed by atoms with Crippen molar-refractivity contribution >= 4 is 5.95 Å². The number of rotatable bonds is 3. The number of halogens is 3. The van der Waals surface area contributed by atoms with Gasteiger partial charge in [0.1, 0.15) is 5.69 Å². The number of anilines is 1.